The van der Waals surface area contributed by atoms with Gasteiger partial charge in [0.15, 0.2) is 0 Å². The first kappa shape index (κ1) is 19.0. The van der Waals surface area contributed by atoms with E-state index in [9.17, 15) is 9.90 Å². The molecule has 0 unspecified atom stereocenters. The Bertz CT molecular complexity index is 1380. The molecule has 31 heavy (non-hydrogen) atoms. The van der Waals surface area contributed by atoms with Gasteiger partial charge in [0.25, 0.3) is 5.91 Å². The summed E-state index contributed by atoms with van der Waals surface area (Å²) in [6.45, 7) is -0.202. The van der Waals surface area contributed by atoms with Gasteiger partial charge in [-0.15, -0.1) is 0 Å². The number of aliphatic hydroxyl groups is 1. The number of aromatic nitrogens is 3. The van der Waals surface area contributed by atoms with Crippen LogP contribution in [-0.4, -0.2) is 32.8 Å². The van der Waals surface area contributed by atoms with Crippen molar-refractivity contribution < 1.29 is 9.90 Å². The van der Waals surface area contributed by atoms with Gasteiger partial charge in [-0.05, 0) is 28.5 Å². The van der Waals surface area contributed by atoms with Gasteiger partial charge < -0.3 is 10.4 Å². The van der Waals surface area contributed by atoms with Crippen LogP contribution in [0.4, 0.5) is 0 Å². The third kappa shape index (κ3) is 3.65. The van der Waals surface area contributed by atoms with Crippen LogP contribution in [0.25, 0.3) is 32.9 Å². The zero-order chi connectivity index (χ0) is 21.2. The maximum atomic E-state index is 12.9. The molecule has 6 heteroatoms. The summed E-state index contributed by atoms with van der Waals surface area (Å²) in [5, 5.41) is 23.1. The molecule has 0 saturated carbocycles. The number of nitrogens with one attached hydrogen (secondary N) is 2. The summed E-state index contributed by atoms with van der Waals surface area (Å²) >= 11 is 0. The van der Waals surface area contributed by atoms with E-state index in [4.69, 9.17) is 0 Å². The number of nitrogens with zero attached hydrogens (tertiary/aromatic N) is 2. The van der Waals surface area contributed by atoms with Gasteiger partial charge in [-0.1, -0.05) is 66.7 Å². The number of H-pyrrole nitrogens is 1. The van der Waals surface area contributed by atoms with Crippen molar-refractivity contribution in [2.24, 2.45) is 0 Å². The zero-order valence-corrected chi connectivity index (χ0v) is 16.6. The molecule has 5 rings (SSSR count). The smallest absolute Gasteiger partial charge is 0.270 e. The van der Waals surface area contributed by atoms with Crippen molar-refractivity contribution in [1.82, 2.24) is 20.5 Å². The average Bonchev–Trinajstić information content (AvgIpc) is 3.26. The van der Waals surface area contributed by atoms with Crippen LogP contribution in [0.5, 0.6) is 0 Å². The predicted molar refractivity (Wildman–Crippen MR) is 121 cm³/mol. The van der Waals surface area contributed by atoms with Crippen molar-refractivity contribution in [1.29, 1.82) is 0 Å². The van der Waals surface area contributed by atoms with Gasteiger partial charge in [-0.3, -0.25) is 9.89 Å². The summed E-state index contributed by atoms with van der Waals surface area (Å²) < 4.78 is 0. The molecule has 3 N–H and O–H groups in total. The molecular formula is C25H20N4O2. The van der Waals surface area contributed by atoms with Crippen LogP contribution in [0.15, 0.2) is 85.1 Å². The Morgan fingerprint density at radius 1 is 0.968 bits per heavy atom. The molecule has 152 valence electrons. The van der Waals surface area contributed by atoms with E-state index in [1.807, 2.05) is 48.5 Å². The number of pyridine rings is 1. The molecule has 0 aliphatic heterocycles. The highest BCUT2D eigenvalue weighted by molar-refractivity contribution is 6.00. The SMILES string of the molecule is O=C(N[C@H](CO)c1ccccc1)c1cc2c(-c3ccc4ccccc4c3)n[nH]c2cn1. The van der Waals surface area contributed by atoms with Crippen LogP contribution in [0, 0.1) is 0 Å². The summed E-state index contributed by atoms with van der Waals surface area (Å²) in [6.07, 6.45) is 1.61. The lowest BCUT2D eigenvalue weighted by molar-refractivity contribution is 0.0911. The topological polar surface area (TPSA) is 90.9 Å². The minimum absolute atomic E-state index is 0.202. The highest BCUT2D eigenvalue weighted by Gasteiger charge is 2.18. The Kier molecular flexibility index (Phi) is 4.90. The number of aliphatic hydroxyl groups excluding tert-OH is 1. The Hall–Kier alpha value is -4.03. The molecule has 0 bridgehead atoms. The molecule has 2 heterocycles. The average molecular weight is 408 g/mol. The number of amides is 1. The lowest BCUT2D eigenvalue weighted by Crippen LogP contribution is -2.31. The molecule has 0 radical (unpaired) electrons. The number of aromatic amines is 1. The van der Waals surface area contributed by atoms with E-state index in [-0.39, 0.29) is 18.2 Å². The summed E-state index contributed by atoms with van der Waals surface area (Å²) in [7, 11) is 0. The lowest BCUT2D eigenvalue weighted by Gasteiger charge is -2.16. The van der Waals surface area contributed by atoms with E-state index in [0.29, 0.717) is 0 Å². The number of carbonyl (C=O) groups excluding carboxylic acids is 1. The van der Waals surface area contributed by atoms with E-state index in [0.717, 1.165) is 38.5 Å². The van der Waals surface area contributed by atoms with E-state index < -0.39 is 6.04 Å². The van der Waals surface area contributed by atoms with Gasteiger partial charge in [0.2, 0.25) is 0 Å². The van der Waals surface area contributed by atoms with Crippen molar-refractivity contribution in [3.05, 3.63) is 96.3 Å². The molecule has 0 aliphatic rings. The van der Waals surface area contributed by atoms with Crippen LogP contribution in [0.1, 0.15) is 22.1 Å². The van der Waals surface area contributed by atoms with Crippen LogP contribution >= 0.6 is 0 Å². The first-order valence-corrected chi connectivity index (χ1v) is 10.0. The van der Waals surface area contributed by atoms with E-state index >= 15 is 0 Å². The number of fused-ring (bicyclic) bond motifs is 2. The van der Waals surface area contributed by atoms with Gasteiger partial charge in [0.05, 0.1) is 24.4 Å². The van der Waals surface area contributed by atoms with Gasteiger partial charge in [-0.2, -0.15) is 5.10 Å². The second kappa shape index (κ2) is 8.01. The molecule has 1 amide bonds. The Morgan fingerprint density at radius 2 is 1.74 bits per heavy atom. The summed E-state index contributed by atoms with van der Waals surface area (Å²) in [5.41, 5.74) is 3.57. The maximum absolute atomic E-state index is 12.9. The third-order valence-corrected chi connectivity index (χ3v) is 5.39. The maximum Gasteiger partial charge on any atom is 0.270 e. The molecular weight excluding hydrogens is 388 g/mol. The lowest BCUT2D eigenvalue weighted by atomic mass is 10.0. The standard InChI is InChI=1S/C25H20N4O2/c30-15-23(17-7-2-1-3-8-17)27-25(31)21-13-20-22(14-26-21)28-29-24(20)19-11-10-16-6-4-5-9-18(16)12-19/h1-14,23,30H,15H2,(H,27,31)(H,28,29)/t23-/m1/s1. The van der Waals surface area contributed by atoms with Gasteiger partial charge >= 0.3 is 0 Å². The van der Waals surface area contributed by atoms with Crippen molar-refractivity contribution >= 4 is 27.6 Å². The minimum Gasteiger partial charge on any atom is -0.394 e. The van der Waals surface area contributed by atoms with E-state index in [1.54, 1.807) is 12.3 Å². The van der Waals surface area contributed by atoms with E-state index in [1.165, 1.54) is 0 Å². The van der Waals surface area contributed by atoms with Gasteiger partial charge in [0.1, 0.15) is 11.4 Å². The fourth-order valence-electron chi connectivity index (χ4n) is 3.75. The minimum atomic E-state index is -0.504. The molecule has 5 aromatic rings. The van der Waals surface area contributed by atoms with E-state index in [2.05, 4.69) is 44.8 Å². The molecule has 2 aromatic heterocycles. The monoisotopic (exact) mass is 408 g/mol. The van der Waals surface area contributed by atoms with Crippen LogP contribution in [-0.2, 0) is 0 Å². The number of benzene rings is 3. The molecule has 3 aromatic carbocycles. The molecule has 0 spiro atoms. The molecule has 0 saturated heterocycles. The predicted octanol–water partition coefficient (Wildman–Crippen LogP) is 4.24. The normalized spacial score (nSPS) is 12.2. The second-order valence-electron chi connectivity index (χ2n) is 7.37. The Balaban J connectivity index is 1.49. The molecule has 0 aliphatic carbocycles. The summed E-state index contributed by atoms with van der Waals surface area (Å²) in [5.74, 6) is -0.351. The number of hydrogen-bond donors (Lipinski definition) is 3. The number of rotatable bonds is 5. The van der Waals surface area contributed by atoms with Gasteiger partial charge in [-0.25, -0.2) is 4.98 Å². The first-order chi connectivity index (χ1) is 15.2. The summed E-state index contributed by atoms with van der Waals surface area (Å²) in [6, 6.07) is 24.9. The molecule has 1 atom stereocenters. The number of carbonyl (C=O) groups is 1. The highest BCUT2D eigenvalue weighted by atomic mass is 16.3. The van der Waals surface area contributed by atoms with Gasteiger partial charge in [0, 0.05) is 10.9 Å². The largest absolute Gasteiger partial charge is 0.394 e. The van der Waals surface area contributed by atoms with Crippen molar-refractivity contribution in [2.45, 2.75) is 6.04 Å². The van der Waals surface area contributed by atoms with Crippen LogP contribution < -0.4 is 5.32 Å². The Labute approximate surface area is 178 Å². The highest BCUT2D eigenvalue weighted by Crippen LogP contribution is 2.29. The van der Waals surface area contributed by atoms with Crippen molar-refractivity contribution in [2.75, 3.05) is 6.61 Å². The second-order valence-corrected chi connectivity index (χ2v) is 7.37. The molecule has 0 fully saturated rings. The Morgan fingerprint density at radius 3 is 2.55 bits per heavy atom. The quantitative estimate of drug-likeness (QED) is 0.406. The third-order valence-electron chi connectivity index (χ3n) is 5.39. The van der Waals surface area contributed by atoms with Crippen molar-refractivity contribution in [3.8, 4) is 11.3 Å². The first-order valence-electron chi connectivity index (χ1n) is 10.0. The zero-order valence-electron chi connectivity index (χ0n) is 16.6. The van der Waals surface area contributed by atoms with Crippen molar-refractivity contribution in [3.63, 3.8) is 0 Å². The van der Waals surface area contributed by atoms with Crippen LogP contribution in [0.3, 0.4) is 0 Å². The molecule has 6 nitrogen and oxygen atoms in total. The summed E-state index contributed by atoms with van der Waals surface area (Å²) in [4.78, 5) is 17.1. The number of hydrogen-bond acceptors (Lipinski definition) is 4. The van der Waals surface area contributed by atoms with Crippen LogP contribution in [0.2, 0.25) is 0 Å². The fourth-order valence-corrected chi connectivity index (χ4v) is 3.75. The fraction of sp³-hybridized carbons (Fsp3) is 0.0800.